The molecule has 0 radical (unpaired) electrons. The summed E-state index contributed by atoms with van der Waals surface area (Å²) >= 11 is 0. The lowest BCUT2D eigenvalue weighted by molar-refractivity contribution is -0.139. The van der Waals surface area contributed by atoms with E-state index in [0.29, 0.717) is 10.3 Å². The van der Waals surface area contributed by atoms with Crippen molar-refractivity contribution in [1.29, 1.82) is 0 Å². The molecule has 0 aliphatic carbocycles. The Hall–Kier alpha value is -2.89. The summed E-state index contributed by atoms with van der Waals surface area (Å²) < 4.78 is 0.601. The fourth-order valence-corrected chi connectivity index (χ4v) is 1.37. The van der Waals surface area contributed by atoms with Crippen LogP contribution in [-0.4, -0.2) is 26.0 Å². The first-order valence-electron chi connectivity index (χ1n) is 5.35. The third-order valence-corrected chi connectivity index (χ3v) is 2.28. The summed E-state index contributed by atoms with van der Waals surface area (Å²) in [6, 6.07) is 8.56. The van der Waals surface area contributed by atoms with E-state index in [1.165, 1.54) is 30.3 Å². The van der Waals surface area contributed by atoms with E-state index in [0.717, 1.165) is 6.08 Å². The molecule has 2 rings (SSSR count). The molecule has 0 aliphatic heterocycles. The van der Waals surface area contributed by atoms with E-state index in [2.05, 4.69) is 0 Å². The lowest BCUT2D eigenvalue weighted by Gasteiger charge is -2.03. The first kappa shape index (κ1) is 12.6. The summed E-state index contributed by atoms with van der Waals surface area (Å²) in [5.74, 6) is -1.41. The van der Waals surface area contributed by atoms with Crippen molar-refractivity contribution in [3.05, 3.63) is 48.0 Å². The van der Waals surface area contributed by atoms with Gasteiger partial charge in [0.1, 0.15) is 5.75 Å². The Morgan fingerprint density at radius 2 is 1.58 bits per heavy atom. The molecule has 6 nitrogen and oxygen atoms in total. The molecule has 0 saturated heterocycles. The zero-order chi connectivity index (χ0) is 13.8. The van der Waals surface area contributed by atoms with Crippen molar-refractivity contribution in [3.63, 3.8) is 0 Å². The highest BCUT2D eigenvalue weighted by molar-refractivity contribution is 5.87. The lowest BCUT2D eigenvalue weighted by Crippen LogP contribution is -2.16. The zero-order valence-corrected chi connectivity index (χ0v) is 9.72. The van der Waals surface area contributed by atoms with E-state index in [1.54, 1.807) is 12.1 Å². The predicted octanol–water partition coefficient (Wildman–Crippen LogP) is 1.27. The van der Waals surface area contributed by atoms with Gasteiger partial charge in [0, 0.05) is 18.2 Å². The molecule has 0 bridgehead atoms. The number of benzene rings is 1. The average Bonchev–Trinajstić information content (AvgIpc) is 2.70. The number of hydrogen-bond donors (Lipinski definition) is 3. The summed E-state index contributed by atoms with van der Waals surface area (Å²) in [6.45, 7) is 0. The average molecular weight is 261 g/mol. The second-order valence-electron chi connectivity index (χ2n) is 3.68. The van der Waals surface area contributed by atoms with Crippen LogP contribution >= 0.6 is 0 Å². The molecule has 98 valence electrons. The van der Waals surface area contributed by atoms with Crippen molar-refractivity contribution in [1.82, 2.24) is 4.73 Å². The molecule has 6 heteroatoms. The number of phenolic OH excluding ortho intramolecular Hbond substituents is 1. The largest absolute Gasteiger partial charge is 0.508 e. The highest BCUT2D eigenvalue weighted by Crippen LogP contribution is 2.18. The highest BCUT2D eigenvalue weighted by Gasteiger charge is 2.09. The van der Waals surface area contributed by atoms with E-state index in [4.69, 9.17) is 9.94 Å². The van der Waals surface area contributed by atoms with Gasteiger partial charge in [0.2, 0.25) is 11.8 Å². The van der Waals surface area contributed by atoms with Gasteiger partial charge in [-0.1, -0.05) is 12.1 Å². The van der Waals surface area contributed by atoms with E-state index in [9.17, 15) is 15.0 Å². The Labute approximate surface area is 108 Å². The fraction of sp³-hybridized carbons (Fsp3) is 0. The van der Waals surface area contributed by atoms with Crippen LogP contribution < -0.4 is 4.84 Å². The van der Waals surface area contributed by atoms with E-state index in [-0.39, 0.29) is 17.5 Å². The molecule has 0 amide bonds. The quantitative estimate of drug-likeness (QED) is 0.724. The summed E-state index contributed by atoms with van der Waals surface area (Å²) in [4.78, 5) is 16.2. The van der Waals surface area contributed by atoms with Crippen LogP contribution in [0.2, 0.25) is 0 Å². The molecule has 2 aromatic rings. The van der Waals surface area contributed by atoms with Crippen molar-refractivity contribution in [2.45, 2.75) is 0 Å². The van der Waals surface area contributed by atoms with Crippen LogP contribution in [0.25, 0.3) is 6.08 Å². The molecule has 0 saturated carbocycles. The molecule has 1 aromatic carbocycles. The normalized spacial score (nSPS) is 10.7. The number of rotatable bonds is 3. The van der Waals surface area contributed by atoms with Crippen LogP contribution in [0, 0.1) is 0 Å². The number of carbonyl (C=O) groups excluding carboxylic acids is 1. The molecule has 0 aliphatic rings. The molecule has 0 atom stereocenters. The van der Waals surface area contributed by atoms with Gasteiger partial charge in [-0.05, 0) is 23.8 Å². The Kier molecular flexibility index (Phi) is 3.42. The first-order valence-corrected chi connectivity index (χ1v) is 5.35. The third kappa shape index (κ3) is 3.06. The van der Waals surface area contributed by atoms with Crippen molar-refractivity contribution < 1.29 is 25.0 Å². The topological polar surface area (TPSA) is 91.9 Å². The summed E-state index contributed by atoms with van der Waals surface area (Å²) in [5.41, 5.74) is 0.690. The molecule has 0 fully saturated rings. The van der Waals surface area contributed by atoms with Gasteiger partial charge in [0.15, 0.2) is 0 Å². The Morgan fingerprint density at radius 3 is 2.16 bits per heavy atom. The van der Waals surface area contributed by atoms with Crippen molar-refractivity contribution in [3.8, 4) is 17.5 Å². The van der Waals surface area contributed by atoms with Gasteiger partial charge in [-0.25, -0.2) is 4.79 Å². The molecule has 0 spiro atoms. The van der Waals surface area contributed by atoms with Gasteiger partial charge in [-0.15, -0.1) is 4.73 Å². The second kappa shape index (κ2) is 5.18. The van der Waals surface area contributed by atoms with E-state index >= 15 is 0 Å². The summed E-state index contributed by atoms with van der Waals surface area (Å²) in [6.07, 6.45) is 2.60. The predicted molar refractivity (Wildman–Crippen MR) is 66.5 cm³/mol. The van der Waals surface area contributed by atoms with Gasteiger partial charge in [-0.3, -0.25) is 0 Å². The number of carbonyl (C=O) groups is 1. The standard InChI is InChI=1S/C13H11NO5/c15-10-4-1-9(2-5-10)3-8-13(18)19-14-11(16)6-7-12(14)17/h1-8,15-17H. The van der Waals surface area contributed by atoms with Gasteiger partial charge in [0.05, 0.1) is 0 Å². The molecule has 0 unspecified atom stereocenters. The number of aromatic nitrogens is 1. The monoisotopic (exact) mass is 261 g/mol. The number of phenols is 1. The second-order valence-corrected chi connectivity index (χ2v) is 3.68. The van der Waals surface area contributed by atoms with Gasteiger partial charge in [-0.2, -0.15) is 0 Å². The van der Waals surface area contributed by atoms with Gasteiger partial charge >= 0.3 is 5.97 Å². The molecule has 1 heterocycles. The summed E-state index contributed by atoms with van der Waals surface area (Å²) in [7, 11) is 0. The molecular formula is C13H11NO5. The van der Waals surface area contributed by atoms with Crippen LogP contribution in [0.3, 0.4) is 0 Å². The first-order chi connectivity index (χ1) is 9.06. The SMILES string of the molecule is O=C(C=Cc1ccc(O)cc1)On1c(O)ccc1O. The van der Waals surface area contributed by atoms with Gasteiger partial charge < -0.3 is 20.2 Å². The van der Waals surface area contributed by atoms with Crippen molar-refractivity contribution in [2.75, 3.05) is 0 Å². The maximum absolute atomic E-state index is 11.5. The van der Waals surface area contributed by atoms with Crippen LogP contribution in [0.15, 0.2) is 42.5 Å². The van der Waals surface area contributed by atoms with Crippen LogP contribution in [0.1, 0.15) is 5.56 Å². The minimum absolute atomic E-state index is 0.127. The summed E-state index contributed by atoms with van der Waals surface area (Å²) in [5, 5.41) is 27.6. The van der Waals surface area contributed by atoms with Crippen molar-refractivity contribution in [2.24, 2.45) is 0 Å². The minimum Gasteiger partial charge on any atom is -0.508 e. The highest BCUT2D eigenvalue weighted by atomic mass is 16.7. The minimum atomic E-state index is -0.769. The van der Waals surface area contributed by atoms with Crippen LogP contribution in [-0.2, 0) is 4.79 Å². The Bertz CT molecular complexity index is 593. The molecule has 1 aromatic heterocycles. The van der Waals surface area contributed by atoms with Crippen LogP contribution in [0.5, 0.6) is 17.5 Å². The fourth-order valence-electron chi connectivity index (χ4n) is 1.37. The Morgan fingerprint density at radius 1 is 1.00 bits per heavy atom. The van der Waals surface area contributed by atoms with Crippen LogP contribution in [0.4, 0.5) is 0 Å². The zero-order valence-electron chi connectivity index (χ0n) is 9.72. The van der Waals surface area contributed by atoms with E-state index < -0.39 is 5.97 Å². The number of hydrogen-bond acceptors (Lipinski definition) is 5. The lowest BCUT2D eigenvalue weighted by atomic mass is 10.2. The maximum atomic E-state index is 11.5. The van der Waals surface area contributed by atoms with Crippen molar-refractivity contribution >= 4 is 12.0 Å². The smallest absolute Gasteiger partial charge is 0.356 e. The third-order valence-electron chi connectivity index (χ3n) is 2.28. The number of nitrogens with zero attached hydrogens (tertiary/aromatic N) is 1. The molecule has 3 N–H and O–H groups in total. The molecular weight excluding hydrogens is 250 g/mol. The maximum Gasteiger partial charge on any atom is 0.356 e. The number of aromatic hydroxyl groups is 3. The Balaban J connectivity index is 2.04. The van der Waals surface area contributed by atoms with Gasteiger partial charge in [0.25, 0.3) is 0 Å². The molecule has 19 heavy (non-hydrogen) atoms. The van der Waals surface area contributed by atoms with E-state index in [1.807, 2.05) is 0 Å².